The zero-order chi connectivity index (χ0) is 10.7. The van der Waals surface area contributed by atoms with Crippen LogP contribution in [0.2, 0.25) is 0 Å². The van der Waals surface area contributed by atoms with Crippen molar-refractivity contribution in [3.8, 4) is 0 Å². The second kappa shape index (κ2) is 2.60. The molecule has 6 nitrogen and oxygen atoms in total. The molecule has 1 atom stereocenters. The van der Waals surface area contributed by atoms with E-state index in [-0.39, 0.29) is 22.3 Å². The predicted octanol–water partition coefficient (Wildman–Crippen LogP) is 0.332. The molecular formula is C6H2O6S3. The van der Waals surface area contributed by atoms with Crippen LogP contribution in [-0.2, 0) is 28.4 Å². The molecule has 3 aliphatic rings. The summed E-state index contributed by atoms with van der Waals surface area (Å²) < 4.78 is 30.4. The first kappa shape index (κ1) is 9.31. The summed E-state index contributed by atoms with van der Waals surface area (Å²) in [6.45, 7) is -0.0470. The third-order valence-corrected chi connectivity index (χ3v) is 2.53. The van der Waals surface area contributed by atoms with Gasteiger partial charge in [-0.2, -0.15) is 0 Å². The Kier molecular flexibility index (Phi) is 1.61. The van der Waals surface area contributed by atoms with Crippen LogP contribution in [0.5, 0.6) is 0 Å². The molecule has 0 aromatic carbocycles. The lowest BCUT2D eigenvalue weighted by molar-refractivity contribution is -0.422. The lowest BCUT2D eigenvalue weighted by Gasteiger charge is -2.39. The Bertz CT molecular complexity index is 382. The molecule has 0 N–H and O–H groups in total. The van der Waals surface area contributed by atoms with Crippen LogP contribution in [0, 0.1) is 0 Å². The third-order valence-electron chi connectivity index (χ3n) is 2.00. The average Bonchev–Trinajstić information content (AvgIpc) is 2.56. The topological polar surface area (TPSA) is 55.4 Å². The van der Waals surface area contributed by atoms with Crippen molar-refractivity contribution < 1.29 is 28.4 Å². The van der Waals surface area contributed by atoms with Gasteiger partial charge in [-0.15, -0.1) is 0 Å². The summed E-state index contributed by atoms with van der Waals surface area (Å²) in [5.74, 6) is -3.08. The second-order valence-electron chi connectivity index (χ2n) is 2.86. The molecule has 9 heteroatoms. The lowest BCUT2D eigenvalue weighted by Crippen LogP contribution is -2.65. The van der Waals surface area contributed by atoms with Crippen molar-refractivity contribution in [3.63, 3.8) is 0 Å². The maximum absolute atomic E-state index is 5.15. The highest BCUT2D eigenvalue weighted by atomic mass is 32.1. The van der Waals surface area contributed by atoms with Gasteiger partial charge >= 0.3 is 27.5 Å². The van der Waals surface area contributed by atoms with E-state index in [2.05, 4.69) is 12.2 Å². The molecule has 0 bridgehead atoms. The highest BCUT2D eigenvalue weighted by molar-refractivity contribution is 7.80. The van der Waals surface area contributed by atoms with Gasteiger partial charge in [0.25, 0.3) is 0 Å². The second-order valence-corrected chi connectivity index (χ2v) is 3.86. The largest absolute Gasteiger partial charge is 0.512 e. The molecule has 0 radical (unpaired) electrons. The van der Waals surface area contributed by atoms with Crippen molar-refractivity contribution >= 4 is 52.4 Å². The number of ether oxygens (including phenoxy) is 6. The van der Waals surface area contributed by atoms with Gasteiger partial charge in [-0.05, 0) is 0 Å². The first-order valence-corrected chi connectivity index (χ1v) is 4.97. The van der Waals surface area contributed by atoms with Crippen LogP contribution >= 0.6 is 36.7 Å². The molecule has 0 aromatic rings. The van der Waals surface area contributed by atoms with Crippen molar-refractivity contribution in [2.75, 3.05) is 6.61 Å². The van der Waals surface area contributed by atoms with E-state index in [1.807, 2.05) is 0 Å². The van der Waals surface area contributed by atoms with Gasteiger partial charge in [0.05, 0.1) is 0 Å². The van der Waals surface area contributed by atoms with Crippen LogP contribution in [0.3, 0.4) is 0 Å². The number of fused-ring (bicyclic) bond motifs is 1. The Balaban J connectivity index is 1.97. The van der Waals surface area contributed by atoms with Gasteiger partial charge in [0.1, 0.15) is 0 Å². The van der Waals surface area contributed by atoms with Gasteiger partial charge in [0.15, 0.2) is 6.61 Å². The number of thiocarbonyl (C=S) groups is 3. The van der Waals surface area contributed by atoms with Crippen LogP contribution in [0.1, 0.15) is 0 Å². The summed E-state index contributed by atoms with van der Waals surface area (Å²) in [7, 11) is 0. The van der Waals surface area contributed by atoms with E-state index >= 15 is 0 Å². The third kappa shape index (κ3) is 1.05. The van der Waals surface area contributed by atoms with Crippen LogP contribution in [-0.4, -0.2) is 34.1 Å². The first-order valence-electron chi connectivity index (χ1n) is 3.75. The zero-order valence-electron chi connectivity index (χ0n) is 6.88. The molecule has 2 spiro atoms. The highest BCUT2D eigenvalue weighted by Crippen LogP contribution is 2.48. The van der Waals surface area contributed by atoms with Crippen molar-refractivity contribution in [2.24, 2.45) is 0 Å². The minimum atomic E-state index is -1.62. The van der Waals surface area contributed by atoms with Gasteiger partial charge < -0.3 is 28.4 Å². The molecule has 0 aromatic heterocycles. The Morgan fingerprint density at radius 2 is 1.33 bits per heavy atom. The monoisotopic (exact) mass is 266 g/mol. The van der Waals surface area contributed by atoms with Crippen LogP contribution in [0.25, 0.3) is 0 Å². The normalized spacial score (nSPS) is 34.8. The van der Waals surface area contributed by atoms with Crippen LogP contribution in [0.4, 0.5) is 0 Å². The average molecular weight is 266 g/mol. The van der Waals surface area contributed by atoms with Crippen molar-refractivity contribution in [1.29, 1.82) is 0 Å². The zero-order valence-corrected chi connectivity index (χ0v) is 9.33. The van der Waals surface area contributed by atoms with E-state index in [4.69, 9.17) is 52.9 Å². The fourth-order valence-corrected chi connectivity index (χ4v) is 2.04. The SMILES string of the molecule is S=C1OCC2(O1)OC(=S)OC21OC(=S)O1. The molecule has 3 aliphatic heterocycles. The summed E-state index contributed by atoms with van der Waals surface area (Å²) in [6, 6.07) is 0. The quantitative estimate of drug-likeness (QED) is 0.577. The van der Waals surface area contributed by atoms with Gasteiger partial charge in [-0.1, -0.05) is 0 Å². The number of hydrogen-bond donors (Lipinski definition) is 0. The van der Waals surface area contributed by atoms with Crippen LogP contribution in [0.15, 0.2) is 0 Å². The minimum absolute atomic E-state index is 0.0470. The van der Waals surface area contributed by atoms with E-state index in [9.17, 15) is 0 Å². The number of rotatable bonds is 0. The summed E-state index contributed by atoms with van der Waals surface area (Å²) in [4.78, 5) is 0. The standard InChI is InChI=1S/C6H2O6S3/c13-2-7-1-5(8-2)6(10-3(14)9-5)11-4(15)12-6/h1H2. The molecule has 3 fully saturated rings. The van der Waals surface area contributed by atoms with Gasteiger partial charge in [-0.3, -0.25) is 0 Å². The van der Waals surface area contributed by atoms with Crippen molar-refractivity contribution in [1.82, 2.24) is 0 Å². The summed E-state index contributed by atoms with van der Waals surface area (Å²) in [6.07, 6.45) is 0. The lowest BCUT2D eigenvalue weighted by atomic mass is 10.2. The maximum atomic E-state index is 5.15. The van der Waals surface area contributed by atoms with Gasteiger partial charge in [-0.25, -0.2) is 0 Å². The smallest absolute Gasteiger partial charge is 0.448 e. The molecule has 1 unspecified atom stereocenters. The van der Waals surface area contributed by atoms with Gasteiger partial charge in [0.2, 0.25) is 0 Å². The molecule has 15 heavy (non-hydrogen) atoms. The van der Waals surface area contributed by atoms with Gasteiger partial charge in [0, 0.05) is 36.7 Å². The Hall–Kier alpha value is -0.930. The van der Waals surface area contributed by atoms with Crippen molar-refractivity contribution in [2.45, 2.75) is 11.8 Å². The molecule has 80 valence electrons. The highest BCUT2D eigenvalue weighted by Gasteiger charge is 2.79. The molecule has 0 aliphatic carbocycles. The molecular weight excluding hydrogens is 264 g/mol. The molecule has 0 saturated carbocycles. The van der Waals surface area contributed by atoms with Crippen molar-refractivity contribution in [3.05, 3.63) is 0 Å². The van der Waals surface area contributed by atoms with E-state index in [0.717, 1.165) is 0 Å². The Morgan fingerprint density at radius 3 is 1.80 bits per heavy atom. The fourth-order valence-electron chi connectivity index (χ4n) is 1.38. The summed E-state index contributed by atoms with van der Waals surface area (Å²) in [5, 5.41) is -0.345. The molecule has 3 heterocycles. The van der Waals surface area contributed by atoms with E-state index in [1.165, 1.54) is 0 Å². The van der Waals surface area contributed by atoms with E-state index < -0.39 is 11.8 Å². The minimum Gasteiger partial charge on any atom is -0.448 e. The number of hydrogen-bond acceptors (Lipinski definition) is 9. The first-order chi connectivity index (χ1) is 7.05. The van der Waals surface area contributed by atoms with Crippen LogP contribution < -0.4 is 0 Å². The Labute approximate surface area is 99.3 Å². The fraction of sp³-hybridized carbons (Fsp3) is 0.500. The molecule has 3 rings (SSSR count). The molecule has 3 saturated heterocycles. The Morgan fingerprint density at radius 1 is 0.800 bits per heavy atom. The predicted molar refractivity (Wildman–Crippen MR) is 54.6 cm³/mol. The summed E-state index contributed by atoms with van der Waals surface area (Å²) in [5.41, 5.74) is 0. The summed E-state index contributed by atoms with van der Waals surface area (Å²) >= 11 is 14.1. The maximum Gasteiger partial charge on any atom is 0.512 e. The molecule has 0 amide bonds. The van der Waals surface area contributed by atoms with E-state index in [0.29, 0.717) is 0 Å². The van der Waals surface area contributed by atoms with E-state index in [1.54, 1.807) is 0 Å².